The Hall–Kier alpha value is -1.09. The Morgan fingerprint density at radius 3 is 3.00 bits per heavy atom. The second kappa shape index (κ2) is 3.58. The Balaban J connectivity index is 2.45. The Labute approximate surface area is 83.1 Å². The molecule has 2 atom stereocenters. The first kappa shape index (κ1) is 9.46. The molecule has 1 aromatic carbocycles. The van der Waals surface area contributed by atoms with Crippen LogP contribution < -0.4 is 10.1 Å². The van der Waals surface area contributed by atoms with E-state index in [-0.39, 0.29) is 18.0 Å². The Kier molecular flexibility index (Phi) is 2.42. The number of benzene rings is 1. The van der Waals surface area contributed by atoms with Crippen molar-refractivity contribution in [3.8, 4) is 5.75 Å². The number of halogens is 1. The molecule has 0 radical (unpaired) electrons. The van der Waals surface area contributed by atoms with Crippen molar-refractivity contribution in [2.45, 2.75) is 25.5 Å². The molecule has 2 nitrogen and oxygen atoms in total. The van der Waals surface area contributed by atoms with Crippen LogP contribution in [0.25, 0.3) is 0 Å². The number of hydrogen-bond acceptors (Lipinski definition) is 2. The second-order valence-corrected chi connectivity index (χ2v) is 3.66. The lowest BCUT2D eigenvalue weighted by Crippen LogP contribution is -2.29. The highest BCUT2D eigenvalue weighted by Gasteiger charge is 2.26. The first-order valence-electron chi connectivity index (χ1n) is 4.84. The largest absolute Gasteiger partial charge is 0.487 e. The highest BCUT2D eigenvalue weighted by atomic mass is 19.1. The van der Waals surface area contributed by atoms with E-state index in [1.165, 1.54) is 6.07 Å². The average Bonchev–Trinajstić information content (AvgIpc) is 2.18. The maximum Gasteiger partial charge on any atom is 0.165 e. The van der Waals surface area contributed by atoms with Gasteiger partial charge in [0.2, 0.25) is 0 Å². The minimum atomic E-state index is -0.269. The van der Waals surface area contributed by atoms with Gasteiger partial charge in [0.15, 0.2) is 11.6 Å². The summed E-state index contributed by atoms with van der Waals surface area (Å²) in [6.07, 6.45) is 0.948. The molecule has 1 N–H and O–H groups in total. The van der Waals surface area contributed by atoms with E-state index >= 15 is 0 Å². The molecule has 0 fully saturated rings. The fraction of sp³-hybridized carbons (Fsp3) is 0.455. The zero-order valence-corrected chi connectivity index (χ0v) is 8.38. The molecule has 0 bridgehead atoms. The zero-order chi connectivity index (χ0) is 10.1. The molecule has 0 saturated carbocycles. The van der Waals surface area contributed by atoms with Gasteiger partial charge in [-0.05, 0) is 20.0 Å². The van der Waals surface area contributed by atoms with E-state index < -0.39 is 0 Å². The minimum Gasteiger partial charge on any atom is -0.487 e. The highest BCUT2D eigenvalue weighted by Crippen LogP contribution is 2.36. The van der Waals surface area contributed by atoms with Crippen LogP contribution >= 0.6 is 0 Å². The van der Waals surface area contributed by atoms with Crippen molar-refractivity contribution in [1.29, 1.82) is 0 Å². The second-order valence-electron chi connectivity index (χ2n) is 3.66. The van der Waals surface area contributed by atoms with Crippen LogP contribution in [0.5, 0.6) is 5.75 Å². The van der Waals surface area contributed by atoms with E-state index in [0.29, 0.717) is 5.75 Å². The SMILES string of the molecule is CNC1CC(C)Oc2c(F)cccc21. The third-order valence-electron chi connectivity index (χ3n) is 2.61. The summed E-state index contributed by atoms with van der Waals surface area (Å²) in [5.74, 6) is 0.139. The van der Waals surface area contributed by atoms with E-state index in [9.17, 15) is 4.39 Å². The molecule has 0 amide bonds. The maximum atomic E-state index is 13.4. The van der Waals surface area contributed by atoms with Crippen molar-refractivity contribution < 1.29 is 9.13 Å². The van der Waals surface area contributed by atoms with E-state index in [0.717, 1.165) is 12.0 Å². The molecule has 76 valence electrons. The van der Waals surface area contributed by atoms with E-state index in [4.69, 9.17) is 4.74 Å². The Bertz CT molecular complexity index is 340. The van der Waals surface area contributed by atoms with Crippen LogP contribution in [0.3, 0.4) is 0 Å². The summed E-state index contributed by atoms with van der Waals surface area (Å²) in [7, 11) is 1.89. The summed E-state index contributed by atoms with van der Waals surface area (Å²) in [5.41, 5.74) is 0.922. The predicted molar refractivity (Wildman–Crippen MR) is 52.9 cm³/mol. The first-order valence-corrected chi connectivity index (χ1v) is 4.84. The van der Waals surface area contributed by atoms with Crippen molar-refractivity contribution >= 4 is 0 Å². The summed E-state index contributed by atoms with van der Waals surface area (Å²) in [4.78, 5) is 0. The molecule has 0 aromatic heterocycles. The van der Waals surface area contributed by atoms with Crippen LogP contribution in [-0.4, -0.2) is 13.2 Å². The third kappa shape index (κ3) is 1.48. The molecule has 2 rings (SSSR count). The number of nitrogens with one attached hydrogen (secondary N) is 1. The quantitative estimate of drug-likeness (QED) is 0.742. The number of ether oxygens (including phenoxy) is 1. The van der Waals surface area contributed by atoms with Crippen LogP contribution in [0, 0.1) is 5.82 Å². The van der Waals surface area contributed by atoms with Crippen molar-refractivity contribution in [2.75, 3.05) is 7.05 Å². The van der Waals surface area contributed by atoms with Crippen LogP contribution in [0.2, 0.25) is 0 Å². The third-order valence-corrected chi connectivity index (χ3v) is 2.61. The molecule has 0 aliphatic carbocycles. The maximum absolute atomic E-state index is 13.4. The minimum absolute atomic E-state index is 0.0665. The van der Waals surface area contributed by atoms with E-state index in [2.05, 4.69) is 5.32 Å². The van der Waals surface area contributed by atoms with Gasteiger partial charge in [-0.2, -0.15) is 0 Å². The van der Waals surface area contributed by atoms with Crippen molar-refractivity contribution in [1.82, 2.24) is 5.32 Å². The first-order chi connectivity index (χ1) is 6.72. The summed E-state index contributed by atoms with van der Waals surface area (Å²) in [6.45, 7) is 1.96. The molecule has 1 aliphatic rings. The van der Waals surface area contributed by atoms with Crippen molar-refractivity contribution in [3.63, 3.8) is 0 Å². The number of rotatable bonds is 1. The molecule has 3 heteroatoms. The van der Waals surface area contributed by atoms with Gasteiger partial charge in [-0.25, -0.2) is 4.39 Å². The monoisotopic (exact) mass is 195 g/mol. The van der Waals surface area contributed by atoms with E-state index in [1.54, 1.807) is 6.07 Å². The summed E-state index contributed by atoms with van der Waals surface area (Å²) < 4.78 is 18.9. The lowest BCUT2D eigenvalue weighted by molar-refractivity contribution is 0.161. The Morgan fingerprint density at radius 2 is 2.29 bits per heavy atom. The van der Waals surface area contributed by atoms with Gasteiger partial charge in [-0.15, -0.1) is 0 Å². The van der Waals surface area contributed by atoms with Gasteiger partial charge in [-0.3, -0.25) is 0 Å². The molecule has 1 heterocycles. The fourth-order valence-electron chi connectivity index (χ4n) is 1.91. The van der Waals surface area contributed by atoms with Gasteiger partial charge < -0.3 is 10.1 Å². The summed E-state index contributed by atoms with van der Waals surface area (Å²) >= 11 is 0. The van der Waals surface area contributed by atoms with Crippen molar-refractivity contribution in [2.24, 2.45) is 0 Å². The predicted octanol–water partition coefficient (Wildman–Crippen LogP) is 2.26. The molecule has 2 unspecified atom stereocenters. The smallest absolute Gasteiger partial charge is 0.165 e. The molecule has 1 aromatic rings. The topological polar surface area (TPSA) is 21.3 Å². The van der Waals surface area contributed by atoms with Gasteiger partial charge >= 0.3 is 0 Å². The molecule has 0 spiro atoms. The van der Waals surface area contributed by atoms with E-state index in [1.807, 2.05) is 20.0 Å². The van der Waals surface area contributed by atoms with Crippen LogP contribution in [0.4, 0.5) is 4.39 Å². The van der Waals surface area contributed by atoms with Crippen molar-refractivity contribution in [3.05, 3.63) is 29.6 Å². The average molecular weight is 195 g/mol. The molecular weight excluding hydrogens is 181 g/mol. The zero-order valence-electron chi connectivity index (χ0n) is 8.38. The van der Waals surface area contributed by atoms with Gasteiger partial charge in [0.1, 0.15) is 0 Å². The van der Waals surface area contributed by atoms with Gasteiger partial charge in [0, 0.05) is 18.0 Å². The molecule has 0 saturated heterocycles. The lowest BCUT2D eigenvalue weighted by Gasteiger charge is -2.30. The van der Waals surface area contributed by atoms with Crippen LogP contribution in [0.1, 0.15) is 24.9 Å². The molecule has 14 heavy (non-hydrogen) atoms. The van der Waals surface area contributed by atoms with Crippen LogP contribution in [0.15, 0.2) is 18.2 Å². The highest BCUT2D eigenvalue weighted by molar-refractivity contribution is 5.39. The van der Waals surface area contributed by atoms with Crippen LogP contribution in [-0.2, 0) is 0 Å². The molecular formula is C11H14FNO. The Morgan fingerprint density at radius 1 is 1.50 bits per heavy atom. The number of para-hydroxylation sites is 1. The number of fused-ring (bicyclic) bond motifs is 1. The summed E-state index contributed by atoms with van der Waals surface area (Å²) in [6, 6.07) is 5.26. The van der Waals surface area contributed by atoms with Gasteiger partial charge in [-0.1, -0.05) is 12.1 Å². The summed E-state index contributed by atoms with van der Waals surface area (Å²) in [5, 5.41) is 3.17. The van der Waals surface area contributed by atoms with Gasteiger partial charge in [0.05, 0.1) is 6.10 Å². The number of hydrogen-bond donors (Lipinski definition) is 1. The molecule has 1 aliphatic heterocycles. The lowest BCUT2D eigenvalue weighted by atomic mass is 9.97. The van der Waals surface area contributed by atoms with Gasteiger partial charge in [0.25, 0.3) is 0 Å². The fourth-order valence-corrected chi connectivity index (χ4v) is 1.91. The normalized spacial score (nSPS) is 25.4. The standard InChI is InChI=1S/C11H14FNO/c1-7-6-10(13-2)8-4-3-5-9(12)11(8)14-7/h3-5,7,10,13H,6H2,1-2H3.